The van der Waals surface area contributed by atoms with E-state index in [4.69, 9.17) is 0 Å². The summed E-state index contributed by atoms with van der Waals surface area (Å²) < 4.78 is 81.7. The molecule has 2 aliphatic carbocycles. The van der Waals surface area contributed by atoms with Crippen molar-refractivity contribution < 1.29 is 26.3 Å². The molecule has 0 saturated heterocycles. The highest BCUT2D eigenvalue weighted by Gasteiger charge is 2.57. The molecular weight excluding hydrogens is 402 g/mol. The molecule has 1 aromatic rings. The number of hydrogen-bond donors (Lipinski definition) is 0. The van der Waals surface area contributed by atoms with Crippen molar-refractivity contribution in [2.45, 2.75) is 51.1 Å². The Morgan fingerprint density at radius 3 is 2.20 bits per heavy atom. The highest BCUT2D eigenvalue weighted by molar-refractivity contribution is 5.75. The van der Waals surface area contributed by atoms with Crippen molar-refractivity contribution in [1.82, 2.24) is 0 Å². The molecule has 3 rings (SSSR count). The normalized spacial score (nSPS) is 27.5. The first-order valence-electron chi connectivity index (χ1n) is 10.4. The minimum absolute atomic E-state index is 0.234. The molecule has 1 unspecified atom stereocenters. The fourth-order valence-electron chi connectivity index (χ4n) is 4.64. The second kappa shape index (κ2) is 9.44. The van der Waals surface area contributed by atoms with Crippen molar-refractivity contribution in [3.05, 3.63) is 65.8 Å². The fraction of sp³-hybridized carbons (Fsp3) is 0.500. The van der Waals surface area contributed by atoms with Gasteiger partial charge in [-0.05, 0) is 80.1 Å². The summed E-state index contributed by atoms with van der Waals surface area (Å²) in [6, 6.07) is 2.99. The quantitative estimate of drug-likeness (QED) is 0.245. The molecule has 30 heavy (non-hydrogen) atoms. The number of rotatable bonds is 6. The van der Waals surface area contributed by atoms with Crippen molar-refractivity contribution in [3.63, 3.8) is 0 Å². The molecule has 1 atom stereocenters. The number of benzene rings is 1. The van der Waals surface area contributed by atoms with Crippen molar-refractivity contribution >= 4 is 5.57 Å². The molecule has 1 aromatic carbocycles. The van der Waals surface area contributed by atoms with E-state index < -0.39 is 29.1 Å². The molecule has 0 N–H and O–H groups in total. The monoisotopic (exact) mass is 428 g/mol. The van der Waals surface area contributed by atoms with Gasteiger partial charge < -0.3 is 0 Å². The van der Waals surface area contributed by atoms with Gasteiger partial charge in [-0.25, -0.2) is 8.78 Å². The van der Waals surface area contributed by atoms with Gasteiger partial charge in [0.15, 0.2) is 0 Å². The zero-order chi connectivity index (χ0) is 21.8. The Hall–Kier alpha value is -1.98. The van der Waals surface area contributed by atoms with Crippen LogP contribution in [0, 0.1) is 28.9 Å². The number of hydrogen-bond acceptors (Lipinski definition) is 0. The van der Waals surface area contributed by atoms with E-state index in [9.17, 15) is 26.3 Å². The summed E-state index contributed by atoms with van der Waals surface area (Å²) in [5.74, 6) is -1.82. The minimum Gasteiger partial charge on any atom is -0.251 e. The van der Waals surface area contributed by atoms with E-state index in [1.807, 2.05) is 12.2 Å². The Labute approximate surface area is 173 Å². The van der Waals surface area contributed by atoms with E-state index in [-0.39, 0.29) is 24.6 Å². The summed E-state index contributed by atoms with van der Waals surface area (Å²) in [5, 5.41) is 0. The third kappa shape index (κ3) is 5.01. The van der Waals surface area contributed by atoms with Gasteiger partial charge in [-0.3, -0.25) is 4.39 Å². The third-order valence-corrected chi connectivity index (χ3v) is 6.36. The standard InChI is InChI=1S/C24H26F6/c25-13-3-1-2-4-17-5-7-20(8-6-17)23(24(28,29)30)11-9-18(10-12-23)19-14-21(26)16-22(27)15-19/h2,4,9-11,14-17,20H,1,3,5-8,12-13H2. The average molecular weight is 428 g/mol. The summed E-state index contributed by atoms with van der Waals surface area (Å²) >= 11 is 0. The Morgan fingerprint density at radius 2 is 1.67 bits per heavy atom. The largest absolute Gasteiger partial charge is 0.398 e. The van der Waals surface area contributed by atoms with Gasteiger partial charge in [0.05, 0.1) is 12.1 Å². The molecule has 0 aromatic heterocycles. The lowest BCUT2D eigenvalue weighted by Gasteiger charge is -2.44. The SMILES string of the molecule is FCCCC=CC1CCC(C2(C(F)(F)F)C=CC(c3cc(F)cc(F)c3)=CC2)CC1. The number of alkyl halides is 4. The van der Waals surface area contributed by atoms with Crippen LogP contribution in [0.2, 0.25) is 0 Å². The average Bonchev–Trinajstić information content (AvgIpc) is 2.70. The predicted octanol–water partition coefficient (Wildman–Crippen LogP) is 7.97. The molecule has 6 heteroatoms. The van der Waals surface area contributed by atoms with Crippen LogP contribution in [-0.4, -0.2) is 12.9 Å². The molecule has 0 spiro atoms. The molecule has 0 heterocycles. The molecular formula is C24H26F6. The van der Waals surface area contributed by atoms with E-state index in [1.54, 1.807) is 0 Å². The molecule has 0 amide bonds. The van der Waals surface area contributed by atoms with Crippen molar-refractivity contribution in [1.29, 1.82) is 0 Å². The van der Waals surface area contributed by atoms with Gasteiger partial charge in [0.1, 0.15) is 11.6 Å². The molecule has 164 valence electrons. The van der Waals surface area contributed by atoms with E-state index in [0.29, 0.717) is 44.1 Å². The smallest absolute Gasteiger partial charge is 0.251 e. The van der Waals surface area contributed by atoms with Crippen LogP contribution in [0.5, 0.6) is 0 Å². The van der Waals surface area contributed by atoms with Gasteiger partial charge in [-0.2, -0.15) is 13.2 Å². The summed E-state index contributed by atoms with van der Waals surface area (Å²) in [6.07, 6.45) is 6.69. The van der Waals surface area contributed by atoms with E-state index in [2.05, 4.69) is 0 Å². The van der Waals surface area contributed by atoms with Crippen molar-refractivity contribution in [2.24, 2.45) is 17.3 Å². The molecule has 2 aliphatic rings. The van der Waals surface area contributed by atoms with E-state index in [1.165, 1.54) is 18.2 Å². The molecule has 0 radical (unpaired) electrons. The third-order valence-electron chi connectivity index (χ3n) is 6.36. The Bertz CT molecular complexity index is 791. The van der Waals surface area contributed by atoms with Gasteiger partial charge in [0.2, 0.25) is 0 Å². The fourth-order valence-corrected chi connectivity index (χ4v) is 4.64. The predicted molar refractivity (Wildman–Crippen MR) is 106 cm³/mol. The van der Waals surface area contributed by atoms with Crippen molar-refractivity contribution in [3.8, 4) is 0 Å². The van der Waals surface area contributed by atoms with Crippen LogP contribution in [-0.2, 0) is 0 Å². The maximum Gasteiger partial charge on any atom is 0.398 e. The van der Waals surface area contributed by atoms with Crippen LogP contribution in [0.25, 0.3) is 5.57 Å². The van der Waals surface area contributed by atoms with E-state index >= 15 is 0 Å². The van der Waals surface area contributed by atoms with Gasteiger partial charge in [-0.1, -0.05) is 30.4 Å². The van der Waals surface area contributed by atoms with Gasteiger partial charge in [0, 0.05) is 6.07 Å². The first-order chi connectivity index (χ1) is 14.2. The second-order valence-electron chi connectivity index (χ2n) is 8.26. The van der Waals surface area contributed by atoms with Crippen LogP contribution < -0.4 is 0 Å². The number of unbranched alkanes of at least 4 members (excludes halogenated alkanes) is 1. The zero-order valence-electron chi connectivity index (χ0n) is 16.7. The summed E-state index contributed by atoms with van der Waals surface area (Å²) in [4.78, 5) is 0. The highest BCUT2D eigenvalue weighted by Crippen LogP contribution is 2.55. The lowest BCUT2D eigenvalue weighted by molar-refractivity contribution is -0.226. The zero-order valence-corrected chi connectivity index (χ0v) is 16.7. The Kier molecular flexibility index (Phi) is 7.14. The van der Waals surface area contributed by atoms with E-state index in [0.717, 1.165) is 18.2 Å². The maximum atomic E-state index is 14.2. The maximum absolute atomic E-state index is 14.2. The topological polar surface area (TPSA) is 0 Å². The molecule has 0 bridgehead atoms. The van der Waals surface area contributed by atoms with Gasteiger partial charge in [-0.15, -0.1) is 0 Å². The first kappa shape index (κ1) is 22.7. The van der Waals surface area contributed by atoms with Gasteiger partial charge >= 0.3 is 6.18 Å². The van der Waals surface area contributed by atoms with Crippen LogP contribution in [0.3, 0.4) is 0 Å². The Morgan fingerprint density at radius 1 is 1.00 bits per heavy atom. The molecule has 1 fully saturated rings. The van der Waals surface area contributed by atoms with Crippen LogP contribution >= 0.6 is 0 Å². The van der Waals surface area contributed by atoms with Crippen LogP contribution in [0.4, 0.5) is 26.3 Å². The molecule has 0 aliphatic heterocycles. The summed E-state index contributed by atoms with van der Waals surface area (Å²) in [7, 11) is 0. The Balaban J connectivity index is 1.73. The van der Waals surface area contributed by atoms with Crippen LogP contribution in [0.1, 0.15) is 50.5 Å². The lowest BCUT2D eigenvalue weighted by Crippen LogP contribution is -2.44. The summed E-state index contributed by atoms with van der Waals surface area (Å²) in [5.41, 5.74) is -1.31. The minimum atomic E-state index is -4.41. The number of allylic oxidation sites excluding steroid dienone is 6. The molecule has 0 nitrogen and oxygen atoms in total. The van der Waals surface area contributed by atoms with Crippen molar-refractivity contribution in [2.75, 3.05) is 6.67 Å². The second-order valence-corrected chi connectivity index (χ2v) is 8.26. The highest BCUT2D eigenvalue weighted by atomic mass is 19.4. The van der Waals surface area contributed by atoms with Crippen LogP contribution in [0.15, 0.2) is 48.6 Å². The molecule has 1 saturated carbocycles. The lowest BCUT2D eigenvalue weighted by atomic mass is 9.63. The number of halogens is 6. The summed E-state index contributed by atoms with van der Waals surface area (Å²) in [6.45, 7) is -0.366. The van der Waals surface area contributed by atoms with Gasteiger partial charge in [0.25, 0.3) is 0 Å². The first-order valence-corrected chi connectivity index (χ1v) is 10.4.